The molecule has 1 unspecified atom stereocenters. The standard InChI is InChI=1S/C12H13NO2/c13-10-5-3-9(4-6-10)12(14)8-11-2-1-7-15-11/h1-7,12,14H,8,13H2. The maximum absolute atomic E-state index is 9.88. The van der Waals surface area contributed by atoms with Crippen molar-refractivity contribution < 1.29 is 9.52 Å². The van der Waals surface area contributed by atoms with Gasteiger partial charge in [0, 0.05) is 12.1 Å². The van der Waals surface area contributed by atoms with E-state index in [4.69, 9.17) is 10.2 Å². The van der Waals surface area contributed by atoms with Gasteiger partial charge in [-0.1, -0.05) is 12.1 Å². The first-order chi connectivity index (χ1) is 7.25. The van der Waals surface area contributed by atoms with Crippen molar-refractivity contribution in [3.63, 3.8) is 0 Å². The molecule has 2 rings (SSSR count). The minimum absolute atomic E-state index is 0.483. The molecule has 3 nitrogen and oxygen atoms in total. The molecular formula is C12H13NO2. The number of nitrogen functional groups attached to an aromatic ring is 1. The summed E-state index contributed by atoms with van der Waals surface area (Å²) >= 11 is 0. The van der Waals surface area contributed by atoms with Gasteiger partial charge < -0.3 is 15.3 Å². The smallest absolute Gasteiger partial charge is 0.106 e. The van der Waals surface area contributed by atoms with Crippen LogP contribution in [0.25, 0.3) is 0 Å². The molecule has 2 aromatic rings. The molecule has 0 bridgehead atoms. The van der Waals surface area contributed by atoms with Crippen molar-refractivity contribution in [3.05, 3.63) is 54.0 Å². The minimum atomic E-state index is -0.545. The van der Waals surface area contributed by atoms with Gasteiger partial charge in [0.2, 0.25) is 0 Å². The van der Waals surface area contributed by atoms with E-state index >= 15 is 0 Å². The lowest BCUT2D eigenvalue weighted by Gasteiger charge is -2.09. The number of aliphatic hydroxyl groups is 1. The highest BCUT2D eigenvalue weighted by Crippen LogP contribution is 2.19. The number of hydrogen-bond acceptors (Lipinski definition) is 3. The van der Waals surface area contributed by atoms with Gasteiger partial charge >= 0.3 is 0 Å². The molecule has 78 valence electrons. The molecule has 0 fully saturated rings. The van der Waals surface area contributed by atoms with Crippen LogP contribution >= 0.6 is 0 Å². The van der Waals surface area contributed by atoms with Crippen molar-refractivity contribution in [1.29, 1.82) is 0 Å². The van der Waals surface area contributed by atoms with Crippen molar-refractivity contribution in [1.82, 2.24) is 0 Å². The number of rotatable bonds is 3. The molecule has 0 aliphatic heterocycles. The summed E-state index contributed by atoms with van der Waals surface area (Å²) in [5.74, 6) is 0.777. The Morgan fingerprint density at radius 1 is 1.20 bits per heavy atom. The summed E-state index contributed by atoms with van der Waals surface area (Å²) in [5.41, 5.74) is 7.11. The van der Waals surface area contributed by atoms with Crippen LogP contribution in [0.4, 0.5) is 5.69 Å². The first-order valence-corrected chi connectivity index (χ1v) is 4.81. The average Bonchev–Trinajstić information content (AvgIpc) is 2.71. The molecular weight excluding hydrogens is 190 g/mol. The summed E-state index contributed by atoms with van der Waals surface area (Å²) in [7, 11) is 0. The van der Waals surface area contributed by atoms with Gasteiger partial charge in [-0.05, 0) is 29.8 Å². The Labute approximate surface area is 88.1 Å². The Balaban J connectivity index is 2.08. The summed E-state index contributed by atoms with van der Waals surface area (Å²) in [6.45, 7) is 0. The van der Waals surface area contributed by atoms with E-state index in [0.717, 1.165) is 11.3 Å². The quantitative estimate of drug-likeness (QED) is 0.751. The molecule has 3 N–H and O–H groups in total. The fourth-order valence-corrected chi connectivity index (χ4v) is 1.46. The summed E-state index contributed by atoms with van der Waals surface area (Å²) in [5, 5.41) is 9.88. The third-order valence-corrected chi connectivity index (χ3v) is 2.30. The first kappa shape index (κ1) is 9.80. The predicted molar refractivity (Wildman–Crippen MR) is 58.2 cm³/mol. The average molecular weight is 203 g/mol. The minimum Gasteiger partial charge on any atom is -0.469 e. The van der Waals surface area contributed by atoms with Gasteiger partial charge in [-0.25, -0.2) is 0 Å². The van der Waals surface area contributed by atoms with E-state index < -0.39 is 6.10 Å². The van der Waals surface area contributed by atoms with Crippen LogP contribution in [-0.2, 0) is 6.42 Å². The Morgan fingerprint density at radius 3 is 2.53 bits per heavy atom. The topological polar surface area (TPSA) is 59.4 Å². The largest absolute Gasteiger partial charge is 0.469 e. The molecule has 1 atom stereocenters. The summed E-state index contributed by atoms with van der Waals surface area (Å²) in [4.78, 5) is 0. The maximum Gasteiger partial charge on any atom is 0.106 e. The van der Waals surface area contributed by atoms with E-state index in [1.54, 1.807) is 18.4 Å². The van der Waals surface area contributed by atoms with Crippen molar-refractivity contribution >= 4 is 5.69 Å². The number of furan rings is 1. The van der Waals surface area contributed by atoms with Gasteiger partial charge in [0.05, 0.1) is 12.4 Å². The third-order valence-electron chi connectivity index (χ3n) is 2.30. The third kappa shape index (κ3) is 2.39. The Kier molecular flexibility index (Phi) is 2.74. The monoisotopic (exact) mass is 203 g/mol. The van der Waals surface area contributed by atoms with Crippen LogP contribution in [-0.4, -0.2) is 5.11 Å². The van der Waals surface area contributed by atoms with Crippen LogP contribution in [0.5, 0.6) is 0 Å². The Hall–Kier alpha value is -1.74. The second-order valence-electron chi connectivity index (χ2n) is 3.47. The van der Waals surface area contributed by atoms with Crippen LogP contribution in [0.2, 0.25) is 0 Å². The van der Waals surface area contributed by atoms with E-state index in [1.165, 1.54) is 0 Å². The Morgan fingerprint density at radius 2 is 1.93 bits per heavy atom. The lowest BCUT2D eigenvalue weighted by molar-refractivity contribution is 0.170. The van der Waals surface area contributed by atoms with Crippen molar-refractivity contribution in [2.45, 2.75) is 12.5 Å². The highest BCUT2D eigenvalue weighted by Gasteiger charge is 2.09. The summed E-state index contributed by atoms with van der Waals surface area (Å²) < 4.78 is 5.16. The highest BCUT2D eigenvalue weighted by atomic mass is 16.3. The van der Waals surface area contributed by atoms with E-state index in [0.29, 0.717) is 12.1 Å². The molecule has 1 aromatic heterocycles. The zero-order valence-electron chi connectivity index (χ0n) is 8.26. The fourth-order valence-electron chi connectivity index (χ4n) is 1.46. The molecule has 0 aliphatic rings. The number of hydrogen-bond donors (Lipinski definition) is 2. The van der Waals surface area contributed by atoms with Gasteiger partial charge in [-0.2, -0.15) is 0 Å². The molecule has 1 heterocycles. The fraction of sp³-hybridized carbons (Fsp3) is 0.167. The molecule has 0 aliphatic carbocycles. The van der Waals surface area contributed by atoms with E-state index in [1.807, 2.05) is 24.3 Å². The number of benzene rings is 1. The van der Waals surface area contributed by atoms with Crippen molar-refractivity contribution in [3.8, 4) is 0 Å². The van der Waals surface area contributed by atoms with Crippen molar-refractivity contribution in [2.75, 3.05) is 5.73 Å². The van der Waals surface area contributed by atoms with Crippen molar-refractivity contribution in [2.24, 2.45) is 0 Å². The van der Waals surface area contributed by atoms with Crippen LogP contribution in [0.15, 0.2) is 47.1 Å². The van der Waals surface area contributed by atoms with Crippen LogP contribution in [0, 0.1) is 0 Å². The van der Waals surface area contributed by atoms with E-state index in [9.17, 15) is 5.11 Å². The van der Waals surface area contributed by atoms with Crippen LogP contribution in [0.1, 0.15) is 17.4 Å². The number of aliphatic hydroxyl groups excluding tert-OH is 1. The second-order valence-corrected chi connectivity index (χ2v) is 3.47. The number of anilines is 1. The zero-order valence-corrected chi connectivity index (χ0v) is 8.26. The molecule has 0 radical (unpaired) electrons. The van der Waals surface area contributed by atoms with Crippen LogP contribution in [0.3, 0.4) is 0 Å². The SMILES string of the molecule is Nc1ccc(C(O)Cc2ccco2)cc1. The van der Waals surface area contributed by atoms with Gasteiger partial charge in [0.25, 0.3) is 0 Å². The predicted octanol–water partition coefficient (Wildman–Crippen LogP) is 2.14. The van der Waals surface area contributed by atoms with E-state index in [-0.39, 0.29) is 0 Å². The summed E-state index contributed by atoms with van der Waals surface area (Å²) in [6.07, 6.45) is 1.54. The molecule has 0 spiro atoms. The van der Waals surface area contributed by atoms with E-state index in [2.05, 4.69) is 0 Å². The Bertz CT molecular complexity index is 406. The normalized spacial score (nSPS) is 12.6. The lowest BCUT2D eigenvalue weighted by Crippen LogP contribution is -2.01. The maximum atomic E-state index is 9.88. The van der Waals surface area contributed by atoms with Gasteiger partial charge in [-0.3, -0.25) is 0 Å². The molecule has 3 heteroatoms. The van der Waals surface area contributed by atoms with Gasteiger partial charge in [0.1, 0.15) is 5.76 Å². The number of nitrogens with two attached hydrogens (primary N) is 1. The highest BCUT2D eigenvalue weighted by molar-refractivity contribution is 5.39. The first-order valence-electron chi connectivity index (χ1n) is 4.81. The zero-order chi connectivity index (χ0) is 10.7. The molecule has 0 amide bonds. The molecule has 1 aromatic carbocycles. The molecule has 15 heavy (non-hydrogen) atoms. The second kappa shape index (κ2) is 4.19. The lowest BCUT2D eigenvalue weighted by atomic mass is 10.1. The molecule has 0 saturated heterocycles. The van der Waals surface area contributed by atoms with Gasteiger partial charge in [-0.15, -0.1) is 0 Å². The van der Waals surface area contributed by atoms with Gasteiger partial charge in [0.15, 0.2) is 0 Å². The molecule has 0 saturated carbocycles. The van der Waals surface area contributed by atoms with Crippen LogP contribution < -0.4 is 5.73 Å². The summed E-state index contributed by atoms with van der Waals surface area (Å²) in [6, 6.07) is 10.9.